The number of unbranched alkanes of at least 4 members (excludes halogenated alkanes) is 1. The summed E-state index contributed by atoms with van der Waals surface area (Å²) in [6, 6.07) is 0. The smallest absolute Gasteiger partial charge is 0.192 e. The standard InChI is InChI=1S/C22H40O2Si/c1-9-10-11-12-13-14-15-19(3)21-20(16-18(2)17-23-21)24-25(7,8)22(4,5)6/h11-15,18,20-21H,9-10,16-17H2,1-8H3/b12-11+,14-13-,19-15+/t18-,20-,21+/m1/s1. The summed E-state index contributed by atoms with van der Waals surface area (Å²) in [5.41, 5.74) is 1.26. The Morgan fingerprint density at radius 3 is 2.48 bits per heavy atom. The van der Waals surface area contributed by atoms with Crippen LogP contribution in [0.15, 0.2) is 36.0 Å². The maximum Gasteiger partial charge on any atom is 0.192 e. The highest BCUT2D eigenvalue weighted by Crippen LogP contribution is 2.40. The van der Waals surface area contributed by atoms with Crippen LogP contribution in [-0.4, -0.2) is 27.1 Å². The molecule has 0 amide bonds. The molecule has 1 aliphatic rings. The van der Waals surface area contributed by atoms with Crippen molar-refractivity contribution in [1.29, 1.82) is 0 Å². The first-order valence-corrected chi connectivity index (χ1v) is 12.8. The van der Waals surface area contributed by atoms with Crippen LogP contribution >= 0.6 is 0 Å². The van der Waals surface area contributed by atoms with Crippen molar-refractivity contribution in [2.24, 2.45) is 5.92 Å². The summed E-state index contributed by atoms with van der Waals surface area (Å²) in [4.78, 5) is 0. The van der Waals surface area contributed by atoms with Crippen molar-refractivity contribution in [3.05, 3.63) is 36.0 Å². The fraction of sp³-hybridized carbons (Fsp3) is 0.727. The molecule has 0 spiro atoms. The van der Waals surface area contributed by atoms with Gasteiger partial charge >= 0.3 is 0 Å². The van der Waals surface area contributed by atoms with Crippen LogP contribution in [0.3, 0.4) is 0 Å². The predicted molar refractivity (Wildman–Crippen MR) is 113 cm³/mol. The van der Waals surface area contributed by atoms with Crippen molar-refractivity contribution in [1.82, 2.24) is 0 Å². The monoisotopic (exact) mass is 364 g/mol. The second-order valence-corrected chi connectivity index (χ2v) is 13.8. The first kappa shape index (κ1) is 22.4. The van der Waals surface area contributed by atoms with Gasteiger partial charge in [-0.05, 0) is 49.4 Å². The van der Waals surface area contributed by atoms with Crippen LogP contribution < -0.4 is 0 Å². The third-order valence-electron chi connectivity index (χ3n) is 5.41. The lowest BCUT2D eigenvalue weighted by Crippen LogP contribution is -2.50. The maximum atomic E-state index is 6.74. The molecule has 1 aliphatic heterocycles. The average molecular weight is 365 g/mol. The molecule has 1 saturated heterocycles. The number of allylic oxidation sites excluding steroid dienone is 5. The van der Waals surface area contributed by atoms with E-state index in [-0.39, 0.29) is 17.2 Å². The Kier molecular flexibility index (Phi) is 8.86. The molecule has 1 fully saturated rings. The molecule has 0 bridgehead atoms. The van der Waals surface area contributed by atoms with E-state index in [1.165, 1.54) is 12.0 Å². The lowest BCUT2D eigenvalue weighted by Gasteiger charge is -2.44. The van der Waals surface area contributed by atoms with Gasteiger partial charge in [-0.25, -0.2) is 0 Å². The van der Waals surface area contributed by atoms with Crippen LogP contribution in [0.4, 0.5) is 0 Å². The normalized spacial score (nSPS) is 26.7. The Bertz CT molecular complexity index is 483. The van der Waals surface area contributed by atoms with Gasteiger partial charge in [0.05, 0.1) is 12.7 Å². The Morgan fingerprint density at radius 1 is 1.20 bits per heavy atom. The summed E-state index contributed by atoms with van der Waals surface area (Å²) in [6.45, 7) is 19.0. The molecule has 0 unspecified atom stereocenters. The fourth-order valence-corrected chi connectivity index (χ4v) is 4.09. The van der Waals surface area contributed by atoms with Crippen LogP contribution in [-0.2, 0) is 9.16 Å². The van der Waals surface area contributed by atoms with E-state index in [2.05, 4.69) is 85.0 Å². The molecule has 3 atom stereocenters. The minimum atomic E-state index is -1.80. The maximum absolute atomic E-state index is 6.74. The number of rotatable bonds is 7. The van der Waals surface area contributed by atoms with Crippen molar-refractivity contribution in [3.8, 4) is 0 Å². The Labute approximate surface area is 157 Å². The summed E-state index contributed by atoms with van der Waals surface area (Å²) in [5, 5.41) is 0.222. The van der Waals surface area contributed by atoms with E-state index in [4.69, 9.17) is 9.16 Å². The topological polar surface area (TPSA) is 18.5 Å². The second kappa shape index (κ2) is 9.89. The molecule has 0 aliphatic carbocycles. The van der Waals surface area contributed by atoms with Crippen LogP contribution in [0.2, 0.25) is 18.1 Å². The molecule has 1 heterocycles. The zero-order chi connectivity index (χ0) is 19.1. The van der Waals surface area contributed by atoms with Crippen molar-refractivity contribution in [2.75, 3.05) is 6.61 Å². The highest BCUT2D eigenvalue weighted by atomic mass is 28.4. The summed E-state index contributed by atoms with van der Waals surface area (Å²) in [5.74, 6) is 0.561. The molecule has 2 nitrogen and oxygen atoms in total. The van der Waals surface area contributed by atoms with Gasteiger partial charge < -0.3 is 9.16 Å². The van der Waals surface area contributed by atoms with Gasteiger partial charge in [-0.3, -0.25) is 0 Å². The van der Waals surface area contributed by atoms with Gasteiger partial charge in [-0.1, -0.05) is 71.4 Å². The highest BCUT2D eigenvalue weighted by Gasteiger charge is 2.42. The molecule has 3 heteroatoms. The average Bonchev–Trinajstić information content (AvgIpc) is 2.49. The fourth-order valence-electron chi connectivity index (χ4n) is 2.76. The number of hydrogen-bond donors (Lipinski definition) is 0. The number of ether oxygens (including phenoxy) is 1. The molecule has 0 aromatic rings. The molecular weight excluding hydrogens is 324 g/mol. The van der Waals surface area contributed by atoms with Gasteiger partial charge in [0.15, 0.2) is 8.32 Å². The molecular formula is C22H40O2Si. The predicted octanol–water partition coefficient (Wildman–Crippen LogP) is 6.66. The number of hydrogen-bond acceptors (Lipinski definition) is 2. The highest BCUT2D eigenvalue weighted by molar-refractivity contribution is 6.74. The van der Waals surface area contributed by atoms with Gasteiger partial charge in [0.2, 0.25) is 0 Å². The SMILES string of the molecule is CCC/C=C/C=C\C=C(/C)[C@@H]1OC[C@H](C)C[C@H]1O[Si](C)(C)C(C)(C)C. The largest absolute Gasteiger partial charge is 0.411 e. The Hall–Kier alpha value is -0.643. The van der Waals surface area contributed by atoms with Gasteiger partial charge in [0.25, 0.3) is 0 Å². The minimum absolute atomic E-state index is 0.0783. The zero-order valence-electron chi connectivity index (χ0n) is 17.8. The van der Waals surface area contributed by atoms with Crippen molar-refractivity contribution < 1.29 is 9.16 Å². The van der Waals surface area contributed by atoms with Gasteiger partial charge in [0.1, 0.15) is 6.10 Å². The van der Waals surface area contributed by atoms with E-state index < -0.39 is 8.32 Å². The Morgan fingerprint density at radius 2 is 1.88 bits per heavy atom. The summed E-state index contributed by atoms with van der Waals surface area (Å²) >= 11 is 0. The van der Waals surface area contributed by atoms with Crippen LogP contribution in [0, 0.1) is 5.92 Å². The van der Waals surface area contributed by atoms with Crippen molar-refractivity contribution in [2.45, 2.75) is 91.1 Å². The Balaban J connectivity index is 2.83. The van der Waals surface area contributed by atoms with Crippen molar-refractivity contribution >= 4 is 8.32 Å². The van der Waals surface area contributed by atoms with Crippen molar-refractivity contribution in [3.63, 3.8) is 0 Å². The lowest BCUT2D eigenvalue weighted by molar-refractivity contribution is -0.0705. The molecule has 144 valence electrons. The molecule has 25 heavy (non-hydrogen) atoms. The van der Waals surface area contributed by atoms with E-state index in [1.807, 2.05) is 0 Å². The van der Waals surface area contributed by atoms with E-state index >= 15 is 0 Å². The molecule has 0 radical (unpaired) electrons. The third kappa shape index (κ3) is 7.24. The van der Waals surface area contributed by atoms with Gasteiger partial charge in [-0.2, -0.15) is 0 Å². The molecule has 0 N–H and O–H groups in total. The third-order valence-corrected chi connectivity index (χ3v) is 9.91. The summed E-state index contributed by atoms with van der Waals surface area (Å²) in [7, 11) is -1.80. The minimum Gasteiger partial charge on any atom is -0.411 e. The summed E-state index contributed by atoms with van der Waals surface area (Å²) < 4.78 is 12.9. The quantitative estimate of drug-likeness (QED) is 0.371. The van der Waals surface area contributed by atoms with Crippen LogP contribution in [0.25, 0.3) is 0 Å². The second-order valence-electron chi connectivity index (χ2n) is 9.02. The molecule has 0 aromatic carbocycles. The molecule has 1 rings (SSSR count). The summed E-state index contributed by atoms with van der Waals surface area (Å²) in [6.07, 6.45) is 14.4. The molecule has 0 saturated carbocycles. The molecule has 0 aromatic heterocycles. The zero-order valence-corrected chi connectivity index (χ0v) is 18.8. The van der Waals surface area contributed by atoms with Gasteiger partial charge in [0, 0.05) is 0 Å². The van der Waals surface area contributed by atoms with Crippen LogP contribution in [0.1, 0.15) is 60.8 Å². The first-order valence-electron chi connectivity index (χ1n) is 9.88. The van der Waals surface area contributed by atoms with Gasteiger partial charge in [-0.15, -0.1) is 0 Å². The van der Waals surface area contributed by atoms with E-state index in [9.17, 15) is 0 Å². The first-order chi connectivity index (χ1) is 11.6. The van der Waals surface area contributed by atoms with E-state index in [0.29, 0.717) is 5.92 Å². The van der Waals surface area contributed by atoms with E-state index in [1.54, 1.807) is 0 Å². The van der Waals surface area contributed by atoms with Crippen LogP contribution in [0.5, 0.6) is 0 Å². The van der Waals surface area contributed by atoms with E-state index in [0.717, 1.165) is 19.4 Å². The lowest BCUT2D eigenvalue weighted by atomic mass is 9.93.